The van der Waals surface area contributed by atoms with Gasteiger partial charge in [-0.1, -0.05) is 59.9 Å². The molecular weight excluding hydrogens is 637 g/mol. The van der Waals surface area contributed by atoms with Gasteiger partial charge in [-0.15, -0.1) is 0 Å². The molecule has 236 valence electrons. The first-order valence-corrected chi connectivity index (χ1v) is 19.7. The van der Waals surface area contributed by atoms with Crippen molar-refractivity contribution in [2.45, 2.75) is 60.6 Å². The molecule has 0 spiro atoms. The smallest absolute Gasteiger partial charge is 0.264 e. The number of unbranched alkanes of at least 4 members (excludes halogenated alkanes) is 2. The third-order valence-corrected chi connectivity index (χ3v) is 12.1. The summed E-state index contributed by atoms with van der Waals surface area (Å²) < 4.78 is 64.5. The van der Waals surface area contributed by atoms with Crippen LogP contribution in [0.3, 0.4) is 0 Å². The molecule has 2 aromatic carbocycles. The number of thioether (sulfide) groups is 2. The normalized spacial score (nSPS) is 22.1. The maximum absolute atomic E-state index is 11.2. The van der Waals surface area contributed by atoms with Gasteiger partial charge in [-0.25, -0.2) is 8.42 Å². The number of para-hydroxylation sites is 2. The molecule has 0 saturated heterocycles. The van der Waals surface area contributed by atoms with Crippen LogP contribution in [0.4, 0.5) is 11.4 Å². The molecule has 5 rings (SSSR count). The Morgan fingerprint density at radius 2 is 1.68 bits per heavy atom. The van der Waals surface area contributed by atoms with E-state index in [1.807, 2.05) is 36.0 Å². The minimum atomic E-state index is -4.20. The van der Waals surface area contributed by atoms with E-state index in [-0.39, 0.29) is 16.9 Å². The van der Waals surface area contributed by atoms with Crippen molar-refractivity contribution in [3.8, 4) is 0 Å². The van der Waals surface area contributed by atoms with Crippen LogP contribution in [0.5, 0.6) is 0 Å². The molecule has 0 radical (unpaired) electrons. The average Bonchev–Trinajstić information content (AvgIpc) is 3.62. The second-order valence-corrected chi connectivity index (χ2v) is 16.5. The summed E-state index contributed by atoms with van der Waals surface area (Å²) in [6.45, 7) is 3.60. The summed E-state index contributed by atoms with van der Waals surface area (Å²) >= 11 is 3.53. The standard InChI is InChI=1S/C32H38N2O6S4/c1-24-25(16-18-31-33(20-6-8-22-43(35,36)37)27-10-2-4-12-29(27)41-31)14-15-26(24)17-19-32-34(21-7-9-23-44(38,39)40)28-11-3-5-13-30(28)42-32/h2-5,10-13,16-19,31H,6-9,14-15,20-23H2,1H3,(H,35,36,37)(H,38,39,40)/b18-16+,26-17+,32-19-. The number of fused-ring (bicyclic) bond motifs is 2. The van der Waals surface area contributed by atoms with Crippen LogP contribution in [0, 0.1) is 0 Å². The Bertz CT molecular complexity index is 1710. The second kappa shape index (κ2) is 14.4. The van der Waals surface area contributed by atoms with Crippen LogP contribution in [0.25, 0.3) is 0 Å². The van der Waals surface area contributed by atoms with Gasteiger partial charge in [0.05, 0.1) is 38.0 Å². The number of benzene rings is 2. The molecule has 0 saturated carbocycles. The third kappa shape index (κ3) is 8.68. The zero-order chi connectivity index (χ0) is 31.3. The Balaban J connectivity index is 1.27. The van der Waals surface area contributed by atoms with Crippen LogP contribution in [0.2, 0.25) is 0 Å². The van der Waals surface area contributed by atoms with E-state index < -0.39 is 20.2 Å². The molecular formula is C32H38N2O6S4. The molecule has 2 N–H and O–H groups in total. The second-order valence-electron chi connectivity index (χ2n) is 11.2. The Morgan fingerprint density at radius 1 is 0.955 bits per heavy atom. The molecule has 2 aromatic rings. The fraction of sp³-hybridized carbons (Fsp3) is 0.375. The number of allylic oxidation sites excluding steroid dienone is 6. The highest BCUT2D eigenvalue weighted by Crippen LogP contribution is 2.46. The molecule has 8 nitrogen and oxygen atoms in total. The fourth-order valence-corrected chi connectivity index (χ4v) is 9.35. The van der Waals surface area contributed by atoms with E-state index in [4.69, 9.17) is 4.55 Å². The van der Waals surface area contributed by atoms with E-state index >= 15 is 0 Å². The first-order valence-electron chi connectivity index (χ1n) is 14.8. The van der Waals surface area contributed by atoms with Crippen molar-refractivity contribution in [2.24, 2.45) is 0 Å². The summed E-state index contributed by atoms with van der Waals surface area (Å²) in [5.74, 6) is -0.543. The highest BCUT2D eigenvalue weighted by Gasteiger charge is 2.33. The lowest BCUT2D eigenvalue weighted by atomic mass is 10.1. The maximum atomic E-state index is 11.2. The van der Waals surface area contributed by atoms with Crippen LogP contribution < -0.4 is 9.80 Å². The Hall–Kier alpha value is -2.32. The number of hydrogen-bond donors (Lipinski definition) is 2. The van der Waals surface area contributed by atoms with Crippen LogP contribution in [-0.4, -0.2) is 55.9 Å². The van der Waals surface area contributed by atoms with Crippen molar-refractivity contribution < 1.29 is 30.8 Å². The van der Waals surface area contributed by atoms with Crippen LogP contribution in [-0.2, 0) is 20.2 Å². The summed E-state index contributed by atoms with van der Waals surface area (Å²) in [5.41, 5.74) is 6.23. The van der Waals surface area contributed by atoms with Gasteiger partial charge in [0.25, 0.3) is 10.1 Å². The van der Waals surface area contributed by atoms with Crippen molar-refractivity contribution in [1.82, 2.24) is 0 Å². The predicted molar refractivity (Wildman–Crippen MR) is 178 cm³/mol. The zero-order valence-electron chi connectivity index (χ0n) is 24.6. The highest BCUT2D eigenvalue weighted by atomic mass is 32.2. The zero-order valence-corrected chi connectivity index (χ0v) is 27.9. The number of anilines is 1. The lowest BCUT2D eigenvalue weighted by Gasteiger charge is -2.20. The van der Waals surface area contributed by atoms with Gasteiger partial charge >= 0.3 is 0 Å². The number of nitrogens with zero attached hydrogens (tertiary/aromatic N) is 1. The van der Waals surface area contributed by atoms with Crippen molar-refractivity contribution >= 4 is 55.1 Å². The van der Waals surface area contributed by atoms with Gasteiger partial charge in [0.15, 0.2) is 5.37 Å². The number of quaternary nitrogens is 1. The lowest BCUT2D eigenvalue weighted by Crippen LogP contribution is -3.09. The molecule has 0 bridgehead atoms. The van der Waals surface area contributed by atoms with Crippen molar-refractivity contribution in [3.05, 3.63) is 94.6 Å². The van der Waals surface area contributed by atoms with Gasteiger partial charge in [0.2, 0.25) is 0 Å². The molecule has 3 aliphatic rings. The lowest BCUT2D eigenvalue weighted by molar-refractivity contribution is -0.835. The molecule has 2 aliphatic heterocycles. The first-order chi connectivity index (χ1) is 21.0. The summed E-state index contributed by atoms with van der Waals surface area (Å²) in [6.07, 6.45) is 12.9. The van der Waals surface area contributed by atoms with Crippen LogP contribution in [0.1, 0.15) is 45.4 Å². The minimum absolute atomic E-state index is 0.187. The van der Waals surface area contributed by atoms with Crippen molar-refractivity contribution in [3.63, 3.8) is 0 Å². The first kappa shape index (κ1) is 33.1. The Morgan fingerprint density at radius 3 is 2.45 bits per heavy atom. The molecule has 0 amide bonds. The topological polar surface area (TPSA) is 119 Å². The Kier molecular flexibility index (Phi) is 10.8. The number of nitrogens with one attached hydrogen (secondary N) is 1. The SMILES string of the molecule is CC1=C(/C=C/C2Sc3ccccc3[NH+]2CCCCS(=O)(=O)O)CC/C1=C\C=C1/Sc2ccccc2N1CCCCS(=O)(=O)[O-]. The fourth-order valence-electron chi connectivity index (χ4n) is 5.83. The molecule has 0 aromatic heterocycles. The molecule has 2 heterocycles. The monoisotopic (exact) mass is 674 g/mol. The van der Waals surface area contributed by atoms with Crippen LogP contribution in [0.15, 0.2) is 104 Å². The van der Waals surface area contributed by atoms with Gasteiger partial charge in [0, 0.05) is 23.3 Å². The molecule has 12 heteroatoms. The quantitative estimate of drug-likeness (QED) is 0.205. The Labute approximate surface area is 269 Å². The minimum Gasteiger partial charge on any atom is -0.748 e. The highest BCUT2D eigenvalue weighted by molar-refractivity contribution is 8.03. The average molecular weight is 675 g/mol. The van der Waals surface area contributed by atoms with E-state index in [2.05, 4.69) is 60.4 Å². The summed E-state index contributed by atoms with van der Waals surface area (Å²) in [7, 11) is -8.15. The molecule has 2 atom stereocenters. The number of rotatable bonds is 13. The molecule has 1 aliphatic carbocycles. The van der Waals surface area contributed by atoms with Gasteiger partial charge in [-0.3, -0.25) is 9.45 Å². The van der Waals surface area contributed by atoms with Crippen molar-refractivity contribution in [2.75, 3.05) is 29.5 Å². The third-order valence-electron chi connectivity index (χ3n) is 8.12. The van der Waals surface area contributed by atoms with E-state index in [1.54, 1.807) is 11.8 Å². The maximum Gasteiger partial charge on any atom is 0.264 e. The molecule has 2 unspecified atom stereocenters. The summed E-state index contributed by atoms with van der Waals surface area (Å²) in [4.78, 5) is 5.92. The summed E-state index contributed by atoms with van der Waals surface area (Å²) in [6, 6.07) is 16.5. The van der Waals surface area contributed by atoms with Crippen molar-refractivity contribution in [1.29, 1.82) is 0 Å². The largest absolute Gasteiger partial charge is 0.748 e. The van der Waals surface area contributed by atoms with Gasteiger partial charge in [0.1, 0.15) is 5.69 Å². The van der Waals surface area contributed by atoms with Gasteiger partial charge in [-0.05, 0) is 92.5 Å². The summed E-state index contributed by atoms with van der Waals surface area (Å²) in [5, 5.41) is 1.28. The van der Waals surface area contributed by atoms with Crippen LogP contribution >= 0.6 is 23.5 Å². The van der Waals surface area contributed by atoms with Gasteiger partial charge < -0.3 is 9.45 Å². The number of hydrogen-bond acceptors (Lipinski definition) is 8. The van der Waals surface area contributed by atoms with E-state index in [9.17, 15) is 21.4 Å². The molecule has 0 fully saturated rings. The predicted octanol–water partition coefficient (Wildman–Crippen LogP) is 5.67. The van der Waals surface area contributed by atoms with E-state index in [0.29, 0.717) is 32.2 Å². The van der Waals surface area contributed by atoms with E-state index in [1.165, 1.54) is 32.2 Å². The van der Waals surface area contributed by atoms with Gasteiger partial charge in [-0.2, -0.15) is 8.42 Å². The molecule has 44 heavy (non-hydrogen) atoms. The van der Waals surface area contributed by atoms with E-state index in [0.717, 1.165) is 35.0 Å².